The van der Waals surface area contributed by atoms with Gasteiger partial charge in [0.15, 0.2) is 0 Å². The van der Waals surface area contributed by atoms with Crippen LogP contribution >= 0.6 is 11.8 Å². The molecule has 0 aliphatic rings. The van der Waals surface area contributed by atoms with Crippen molar-refractivity contribution in [3.05, 3.63) is 42.3 Å². The van der Waals surface area contributed by atoms with Crippen LogP contribution in [0.1, 0.15) is 33.2 Å². The summed E-state index contributed by atoms with van der Waals surface area (Å²) in [6, 6.07) is 8.09. The van der Waals surface area contributed by atoms with Crippen molar-refractivity contribution in [3.8, 4) is 11.5 Å². The Labute approximate surface area is 160 Å². The number of rotatable bonds is 7. The smallest absolute Gasteiger partial charge is 0.277 e. The molecule has 0 saturated carbocycles. The number of hydrogen-bond donors (Lipinski definition) is 1. The fraction of sp³-hybridized carbons (Fsp3) is 0.333. The lowest BCUT2D eigenvalue weighted by Crippen LogP contribution is -2.24. The molecule has 7 nitrogen and oxygen atoms in total. The Bertz CT molecular complexity index is 926. The lowest BCUT2D eigenvalue weighted by atomic mass is 10.2. The molecule has 0 fully saturated rings. The van der Waals surface area contributed by atoms with E-state index in [9.17, 15) is 9.18 Å². The van der Waals surface area contributed by atoms with Crippen molar-refractivity contribution in [3.63, 3.8) is 0 Å². The molecule has 0 radical (unpaired) electrons. The summed E-state index contributed by atoms with van der Waals surface area (Å²) >= 11 is 1.11. The standard InChI is InChI=1S/C18H20FN5O2S/c1-4-11(2)24-15(9-10-20-24)21-16(25)12(3)27-18-23-22-17(26-18)13-7-5-6-8-14(13)19/h5-12H,4H2,1-3H3,(H,21,25)/t11-,12-/m1/s1. The van der Waals surface area contributed by atoms with E-state index in [-0.39, 0.29) is 28.6 Å². The SMILES string of the molecule is CC[C@@H](C)n1nccc1NC(=O)[C@@H](C)Sc1nnc(-c2ccccc2F)o1. The van der Waals surface area contributed by atoms with Crippen LogP contribution in [0.5, 0.6) is 0 Å². The summed E-state index contributed by atoms with van der Waals surface area (Å²) in [7, 11) is 0. The van der Waals surface area contributed by atoms with Crippen LogP contribution < -0.4 is 5.32 Å². The van der Waals surface area contributed by atoms with Gasteiger partial charge in [-0.1, -0.05) is 30.8 Å². The number of amides is 1. The van der Waals surface area contributed by atoms with Crippen LogP contribution in [0.4, 0.5) is 10.2 Å². The number of hydrogen-bond acceptors (Lipinski definition) is 6. The predicted octanol–water partition coefficient (Wildman–Crippen LogP) is 4.16. The number of carbonyl (C=O) groups is 1. The maximum Gasteiger partial charge on any atom is 0.277 e. The Morgan fingerprint density at radius 3 is 2.81 bits per heavy atom. The van der Waals surface area contributed by atoms with E-state index >= 15 is 0 Å². The van der Waals surface area contributed by atoms with Crippen LogP contribution in [0.25, 0.3) is 11.5 Å². The fourth-order valence-corrected chi connectivity index (χ4v) is 3.05. The van der Waals surface area contributed by atoms with Crippen molar-refractivity contribution >= 4 is 23.5 Å². The highest BCUT2D eigenvalue weighted by molar-refractivity contribution is 8.00. The summed E-state index contributed by atoms with van der Waals surface area (Å²) < 4.78 is 21.1. The molecule has 2 aromatic heterocycles. The normalized spacial score (nSPS) is 13.3. The van der Waals surface area contributed by atoms with Crippen molar-refractivity contribution < 1.29 is 13.6 Å². The molecule has 1 N–H and O–H groups in total. The van der Waals surface area contributed by atoms with Gasteiger partial charge >= 0.3 is 0 Å². The molecule has 2 atom stereocenters. The average molecular weight is 389 g/mol. The number of aromatic nitrogens is 4. The van der Waals surface area contributed by atoms with Gasteiger partial charge in [0, 0.05) is 6.07 Å². The third-order valence-electron chi connectivity index (χ3n) is 4.09. The van der Waals surface area contributed by atoms with Gasteiger partial charge < -0.3 is 9.73 Å². The minimum Gasteiger partial charge on any atom is -0.411 e. The van der Waals surface area contributed by atoms with Gasteiger partial charge in [0.05, 0.1) is 23.1 Å². The monoisotopic (exact) mass is 389 g/mol. The molecule has 27 heavy (non-hydrogen) atoms. The molecule has 0 bridgehead atoms. The maximum absolute atomic E-state index is 13.8. The molecule has 9 heteroatoms. The van der Waals surface area contributed by atoms with Gasteiger partial charge in [-0.15, -0.1) is 10.2 Å². The Kier molecular flexibility index (Phi) is 5.90. The van der Waals surface area contributed by atoms with Gasteiger partial charge in [0.2, 0.25) is 5.91 Å². The highest BCUT2D eigenvalue weighted by atomic mass is 32.2. The molecule has 1 aromatic carbocycles. The maximum atomic E-state index is 13.8. The van der Waals surface area contributed by atoms with Crippen molar-refractivity contribution in [1.29, 1.82) is 0 Å². The lowest BCUT2D eigenvalue weighted by Gasteiger charge is -2.15. The number of anilines is 1. The Morgan fingerprint density at radius 1 is 1.30 bits per heavy atom. The second-order valence-electron chi connectivity index (χ2n) is 6.02. The number of benzene rings is 1. The number of halogens is 1. The highest BCUT2D eigenvalue weighted by Gasteiger charge is 2.21. The Balaban J connectivity index is 1.66. The first kappa shape index (κ1) is 19.1. The van der Waals surface area contributed by atoms with Crippen LogP contribution in [-0.4, -0.2) is 31.1 Å². The number of carbonyl (C=O) groups excluding carboxylic acids is 1. The largest absolute Gasteiger partial charge is 0.411 e. The first-order valence-electron chi connectivity index (χ1n) is 8.59. The summed E-state index contributed by atoms with van der Waals surface area (Å²) in [5.74, 6) is 0.0647. The number of nitrogens with one attached hydrogen (secondary N) is 1. The molecule has 1 amide bonds. The first-order chi connectivity index (χ1) is 13.0. The minimum absolute atomic E-state index is 0.0815. The first-order valence-corrected chi connectivity index (χ1v) is 9.47. The molecular formula is C18H20FN5O2S. The van der Waals surface area contributed by atoms with Crippen LogP contribution in [-0.2, 0) is 4.79 Å². The average Bonchev–Trinajstić information content (AvgIpc) is 3.31. The predicted molar refractivity (Wildman–Crippen MR) is 101 cm³/mol. The number of nitrogens with zero attached hydrogens (tertiary/aromatic N) is 4. The minimum atomic E-state index is -0.487. The third kappa shape index (κ3) is 4.36. The second-order valence-corrected chi connectivity index (χ2v) is 7.31. The van der Waals surface area contributed by atoms with E-state index in [0.717, 1.165) is 18.2 Å². The molecule has 0 unspecified atom stereocenters. The Morgan fingerprint density at radius 2 is 2.07 bits per heavy atom. The topological polar surface area (TPSA) is 85.8 Å². The van der Waals surface area contributed by atoms with E-state index in [1.807, 2.05) is 6.92 Å². The zero-order chi connectivity index (χ0) is 19.4. The molecule has 0 aliphatic carbocycles. The molecule has 3 rings (SSSR count). The van der Waals surface area contributed by atoms with Gasteiger partial charge in [-0.25, -0.2) is 9.07 Å². The summed E-state index contributed by atoms with van der Waals surface area (Å²) in [5.41, 5.74) is 0.228. The van der Waals surface area contributed by atoms with Gasteiger partial charge in [-0.2, -0.15) is 5.10 Å². The summed E-state index contributed by atoms with van der Waals surface area (Å²) in [5, 5.41) is 14.6. The number of thioether (sulfide) groups is 1. The third-order valence-corrected chi connectivity index (χ3v) is 5.02. The van der Waals surface area contributed by atoms with E-state index in [0.29, 0.717) is 5.82 Å². The molecule has 142 valence electrons. The molecule has 0 saturated heterocycles. The van der Waals surface area contributed by atoms with Crippen molar-refractivity contribution in [2.75, 3.05) is 5.32 Å². The van der Waals surface area contributed by atoms with Gasteiger partial charge in [0.25, 0.3) is 11.1 Å². The van der Waals surface area contributed by atoms with Crippen molar-refractivity contribution in [2.24, 2.45) is 0 Å². The van der Waals surface area contributed by atoms with Crippen LogP contribution in [0.3, 0.4) is 0 Å². The van der Waals surface area contributed by atoms with E-state index in [4.69, 9.17) is 4.42 Å². The zero-order valence-corrected chi connectivity index (χ0v) is 16.0. The lowest BCUT2D eigenvalue weighted by molar-refractivity contribution is -0.115. The van der Waals surface area contributed by atoms with Gasteiger partial charge in [-0.3, -0.25) is 4.79 Å². The Hall–Kier alpha value is -2.68. The quantitative estimate of drug-likeness (QED) is 0.611. The molecule has 2 heterocycles. The van der Waals surface area contributed by atoms with Crippen LogP contribution in [0.2, 0.25) is 0 Å². The summed E-state index contributed by atoms with van der Waals surface area (Å²) in [6.45, 7) is 5.82. The van der Waals surface area contributed by atoms with E-state index in [2.05, 4.69) is 27.5 Å². The van der Waals surface area contributed by atoms with Gasteiger partial charge in [-0.05, 0) is 32.4 Å². The van der Waals surface area contributed by atoms with Crippen LogP contribution in [0, 0.1) is 5.82 Å². The van der Waals surface area contributed by atoms with Gasteiger partial charge in [0.1, 0.15) is 11.6 Å². The molecule has 0 aliphatic heterocycles. The van der Waals surface area contributed by atoms with Crippen LogP contribution in [0.15, 0.2) is 46.2 Å². The van der Waals surface area contributed by atoms with E-state index < -0.39 is 11.1 Å². The zero-order valence-electron chi connectivity index (χ0n) is 15.2. The molecule has 3 aromatic rings. The van der Waals surface area contributed by atoms with Crippen molar-refractivity contribution in [2.45, 2.75) is 43.7 Å². The van der Waals surface area contributed by atoms with Crippen molar-refractivity contribution in [1.82, 2.24) is 20.0 Å². The van der Waals surface area contributed by atoms with E-state index in [1.165, 1.54) is 6.07 Å². The summed E-state index contributed by atoms with van der Waals surface area (Å²) in [6.07, 6.45) is 2.55. The molecule has 0 spiro atoms. The van der Waals surface area contributed by atoms with E-state index in [1.54, 1.807) is 42.1 Å². The summed E-state index contributed by atoms with van der Waals surface area (Å²) in [4.78, 5) is 12.5. The molecular weight excluding hydrogens is 369 g/mol. The highest BCUT2D eigenvalue weighted by Crippen LogP contribution is 2.28. The fourth-order valence-electron chi connectivity index (χ4n) is 2.37. The second kappa shape index (κ2) is 8.34.